The quantitative estimate of drug-likeness (QED) is 0.0415. The molecule has 0 fully saturated rings. The van der Waals surface area contributed by atoms with Crippen molar-refractivity contribution >= 4 is 0 Å². The first-order valence-electron chi connectivity index (χ1n) is 23.8. The summed E-state index contributed by atoms with van der Waals surface area (Å²) in [5.74, 6) is 0. The number of rotatable bonds is 36. The largest absolute Gasteiger partial charge is 0.244 e. The van der Waals surface area contributed by atoms with E-state index >= 15 is 0 Å². The summed E-state index contributed by atoms with van der Waals surface area (Å²) in [7, 11) is 0. The minimum absolute atomic E-state index is 0.00444. The molecule has 2 aromatic carbocycles. The molecule has 2 atom stereocenters. The average Bonchev–Trinajstić information content (AvgIpc) is 3.66. The molecule has 0 aliphatic rings. The third-order valence-electron chi connectivity index (χ3n) is 12.5. The van der Waals surface area contributed by atoms with Gasteiger partial charge >= 0.3 is 0 Å². The van der Waals surface area contributed by atoms with E-state index in [9.17, 15) is 0 Å². The van der Waals surface area contributed by atoms with Gasteiger partial charge in [-0.2, -0.15) is 0 Å². The fourth-order valence-electron chi connectivity index (χ4n) is 8.97. The van der Waals surface area contributed by atoms with E-state index in [0.717, 1.165) is 13.0 Å². The van der Waals surface area contributed by atoms with Crippen LogP contribution < -0.4 is 4.57 Å². The van der Waals surface area contributed by atoms with E-state index in [1.165, 1.54) is 204 Å². The summed E-state index contributed by atoms with van der Waals surface area (Å²) in [6.07, 6.45) is 50.5. The molecule has 1 heterocycles. The Hall–Kier alpha value is -2.35. The van der Waals surface area contributed by atoms with Crippen LogP contribution in [0.2, 0.25) is 0 Å². The lowest BCUT2D eigenvalue weighted by atomic mass is 9.70. The molecule has 3 aromatic rings. The first-order valence-corrected chi connectivity index (χ1v) is 23.8. The molecule has 0 N–H and O–H groups in total. The third kappa shape index (κ3) is 20.0. The molecule has 0 radical (unpaired) electrons. The number of hydrogen-bond acceptors (Lipinski definition) is 0. The van der Waals surface area contributed by atoms with Crippen molar-refractivity contribution in [1.29, 1.82) is 0 Å². The Kier molecular flexibility index (Phi) is 26.3. The van der Waals surface area contributed by atoms with Crippen molar-refractivity contribution in [3.8, 4) is 0 Å². The van der Waals surface area contributed by atoms with Gasteiger partial charge in [-0.1, -0.05) is 248 Å². The number of benzene rings is 2. The molecular weight excluding hydrogens is 653 g/mol. The Labute approximate surface area is 336 Å². The molecule has 2 heteroatoms. The molecule has 0 aliphatic carbocycles. The second-order valence-corrected chi connectivity index (χ2v) is 17.4. The molecule has 0 saturated carbocycles. The van der Waals surface area contributed by atoms with Crippen molar-refractivity contribution in [2.45, 2.75) is 238 Å². The number of hydrogen-bond donors (Lipinski definition) is 0. The van der Waals surface area contributed by atoms with E-state index in [1.54, 1.807) is 0 Å². The van der Waals surface area contributed by atoms with Crippen LogP contribution >= 0.6 is 0 Å². The van der Waals surface area contributed by atoms with E-state index in [4.69, 9.17) is 0 Å². The van der Waals surface area contributed by atoms with E-state index in [-0.39, 0.29) is 5.41 Å². The molecule has 0 saturated heterocycles. The number of aromatic nitrogens is 2. The Bertz CT molecular complexity index is 1230. The summed E-state index contributed by atoms with van der Waals surface area (Å²) in [5.41, 5.74) is 2.91. The van der Waals surface area contributed by atoms with Crippen LogP contribution in [0.15, 0.2) is 79.4 Å². The van der Waals surface area contributed by atoms with E-state index in [2.05, 4.69) is 109 Å². The fourth-order valence-corrected chi connectivity index (χ4v) is 8.97. The van der Waals surface area contributed by atoms with Crippen molar-refractivity contribution in [3.63, 3.8) is 0 Å². The van der Waals surface area contributed by atoms with Crippen molar-refractivity contribution < 1.29 is 4.57 Å². The van der Waals surface area contributed by atoms with Gasteiger partial charge in [0.1, 0.15) is 18.4 Å². The van der Waals surface area contributed by atoms with Gasteiger partial charge < -0.3 is 0 Å². The molecule has 0 amide bonds. The highest BCUT2D eigenvalue weighted by molar-refractivity contribution is 5.30. The molecule has 2 unspecified atom stereocenters. The molecule has 1 aromatic heterocycles. The number of nitrogens with zero attached hydrogens (tertiary/aromatic N) is 2. The second-order valence-electron chi connectivity index (χ2n) is 17.4. The van der Waals surface area contributed by atoms with Gasteiger partial charge in [-0.15, -0.1) is 0 Å². The topological polar surface area (TPSA) is 8.81 Å². The third-order valence-corrected chi connectivity index (χ3v) is 12.5. The Morgan fingerprint density at radius 1 is 0.481 bits per heavy atom. The maximum atomic E-state index is 2.60. The summed E-state index contributed by atoms with van der Waals surface area (Å²) in [4.78, 5) is 0. The zero-order valence-corrected chi connectivity index (χ0v) is 36.1. The zero-order valence-electron chi connectivity index (χ0n) is 36.1. The van der Waals surface area contributed by atoms with Gasteiger partial charge in [0, 0.05) is 5.41 Å². The predicted molar refractivity (Wildman–Crippen MR) is 237 cm³/mol. The SMILES string of the molecule is CCCCCCCCCCCCCCCCCCC(n1cc[n+](CCCCCCCCCCCCCCC)c1)C(C)(Cc1ccccc1)c1ccccc1. The second kappa shape index (κ2) is 30.8. The molecule has 0 aliphatic heterocycles. The van der Waals surface area contributed by atoms with Crippen molar-refractivity contribution in [3.05, 3.63) is 90.5 Å². The summed E-state index contributed by atoms with van der Waals surface area (Å²) in [5, 5.41) is 0. The Balaban J connectivity index is 1.45. The summed E-state index contributed by atoms with van der Waals surface area (Å²) in [6.45, 7) is 8.30. The predicted octanol–water partition coefficient (Wildman–Crippen LogP) is 16.3. The maximum Gasteiger partial charge on any atom is 0.244 e. The molecule has 0 spiro atoms. The zero-order chi connectivity index (χ0) is 38.2. The summed E-state index contributed by atoms with van der Waals surface area (Å²) < 4.78 is 5.08. The van der Waals surface area contributed by atoms with Crippen LogP contribution in [0, 0.1) is 0 Å². The van der Waals surface area contributed by atoms with E-state index < -0.39 is 0 Å². The van der Waals surface area contributed by atoms with Gasteiger partial charge in [0.15, 0.2) is 0 Å². The van der Waals surface area contributed by atoms with Crippen molar-refractivity contribution in [2.75, 3.05) is 0 Å². The molecule has 2 nitrogen and oxygen atoms in total. The Morgan fingerprint density at radius 3 is 1.31 bits per heavy atom. The smallest absolute Gasteiger partial charge is 0.237 e. The molecule has 0 bridgehead atoms. The van der Waals surface area contributed by atoms with Gasteiger partial charge in [-0.25, -0.2) is 9.13 Å². The molecule has 3 rings (SSSR count). The lowest BCUT2D eigenvalue weighted by Gasteiger charge is -2.37. The van der Waals surface area contributed by atoms with Gasteiger partial charge in [-0.05, 0) is 43.2 Å². The number of imidazole rings is 1. The van der Waals surface area contributed by atoms with Crippen LogP contribution in [-0.2, 0) is 18.4 Å². The van der Waals surface area contributed by atoms with Gasteiger partial charge in [0.2, 0.25) is 6.33 Å². The highest BCUT2D eigenvalue weighted by Gasteiger charge is 2.40. The van der Waals surface area contributed by atoms with Crippen LogP contribution in [0.1, 0.15) is 231 Å². The Morgan fingerprint density at radius 2 is 0.870 bits per heavy atom. The van der Waals surface area contributed by atoms with Crippen LogP contribution in [0.4, 0.5) is 0 Å². The van der Waals surface area contributed by atoms with Crippen molar-refractivity contribution in [2.24, 2.45) is 0 Å². The summed E-state index contributed by atoms with van der Waals surface area (Å²) >= 11 is 0. The van der Waals surface area contributed by atoms with Crippen molar-refractivity contribution in [1.82, 2.24) is 4.57 Å². The fraction of sp³-hybridized carbons (Fsp3) is 0.712. The van der Waals surface area contributed by atoms with Gasteiger partial charge in [0.05, 0.1) is 6.54 Å². The molecule has 304 valence electrons. The lowest BCUT2D eigenvalue weighted by Crippen LogP contribution is -2.38. The maximum absolute atomic E-state index is 2.60. The molecule has 54 heavy (non-hydrogen) atoms. The number of unbranched alkanes of at least 4 members (excludes halogenated alkanes) is 27. The van der Waals surface area contributed by atoms with Gasteiger partial charge in [-0.3, -0.25) is 0 Å². The normalized spacial score (nSPS) is 13.3. The van der Waals surface area contributed by atoms with Crippen LogP contribution in [-0.4, -0.2) is 4.57 Å². The van der Waals surface area contributed by atoms with Crippen LogP contribution in [0.5, 0.6) is 0 Å². The minimum atomic E-state index is 0.00444. The highest BCUT2D eigenvalue weighted by Crippen LogP contribution is 2.41. The molecular formula is C52H87N2+. The highest BCUT2D eigenvalue weighted by atomic mass is 15.1. The summed E-state index contributed by atoms with van der Waals surface area (Å²) in [6, 6.07) is 23.1. The average molecular weight is 740 g/mol. The van der Waals surface area contributed by atoms with Crippen LogP contribution in [0.25, 0.3) is 0 Å². The lowest BCUT2D eigenvalue weighted by molar-refractivity contribution is -0.697. The first-order chi connectivity index (χ1) is 26.7. The minimum Gasteiger partial charge on any atom is -0.237 e. The van der Waals surface area contributed by atoms with E-state index in [0.29, 0.717) is 6.04 Å². The van der Waals surface area contributed by atoms with Gasteiger partial charge in [0.25, 0.3) is 0 Å². The first kappa shape index (κ1) is 46.0. The van der Waals surface area contributed by atoms with E-state index in [1.807, 2.05) is 0 Å². The monoisotopic (exact) mass is 740 g/mol. The number of aryl methyl sites for hydroxylation is 1. The standard InChI is InChI=1S/C52H87N2/c1-4-6-8-10-12-14-16-18-19-20-21-23-25-27-29-37-43-51(52(3,50-41-35-32-36-42-50)47-49-39-33-31-34-40-49)54-46-45-53(48-54)44-38-30-28-26-24-22-17-15-13-11-9-7-5-2/h31-36,39-42,45-46,48,51H,4-30,37-38,43-44,47H2,1-3H3/q+1. The van der Waals surface area contributed by atoms with Crippen LogP contribution in [0.3, 0.4) is 0 Å².